The third-order valence-corrected chi connectivity index (χ3v) is 8.54. The highest BCUT2D eigenvalue weighted by Crippen LogP contribution is 2.42. The molecule has 0 N–H and O–H groups in total. The molecule has 1 aliphatic carbocycles. The van der Waals surface area contributed by atoms with E-state index in [1.807, 2.05) is 67.9 Å². The van der Waals surface area contributed by atoms with Crippen LogP contribution in [0.25, 0.3) is 5.69 Å². The van der Waals surface area contributed by atoms with Crippen LogP contribution in [-0.4, -0.2) is 63.0 Å². The Kier molecular flexibility index (Phi) is 8.09. The van der Waals surface area contributed by atoms with Gasteiger partial charge in [0.05, 0.1) is 17.4 Å². The summed E-state index contributed by atoms with van der Waals surface area (Å²) in [6.45, 7) is 8.10. The number of esters is 1. The van der Waals surface area contributed by atoms with E-state index in [1.165, 1.54) is 13.3 Å². The lowest BCUT2D eigenvalue weighted by molar-refractivity contribution is -0.131. The number of amides is 2. The average Bonchev–Trinajstić information content (AvgIpc) is 3.19. The van der Waals surface area contributed by atoms with Crippen LogP contribution in [0.2, 0.25) is 0 Å². The van der Waals surface area contributed by atoms with Gasteiger partial charge in [-0.1, -0.05) is 42.8 Å². The Morgan fingerprint density at radius 2 is 1.75 bits per heavy atom. The van der Waals surface area contributed by atoms with Crippen LogP contribution < -0.4 is 4.74 Å². The number of nitrogens with zero attached hydrogens (tertiary/aromatic N) is 4. The van der Waals surface area contributed by atoms with Crippen LogP contribution in [0.1, 0.15) is 87.0 Å². The third kappa shape index (κ3) is 6.16. The molecule has 10 nitrogen and oxygen atoms in total. The molecule has 232 valence electrons. The van der Waals surface area contributed by atoms with Gasteiger partial charge in [-0.25, -0.2) is 14.3 Å². The Labute approximate surface area is 257 Å². The van der Waals surface area contributed by atoms with Crippen molar-refractivity contribution in [1.82, 2.24) is 19.6 Å². The normalized spacial score (nSPS) is 18.1. The van der Waals surface area contributed by atoms with Crippen molar-refractivity contribution < 1.29 is 28.6 Å². The minimum Gasteiger partial charge on any atom is -0.445 e. The van der Waals surface area contributed by atoms with Crippen LogP contribution in [0.4, 0.5) is 9.59 Å². The van der Waals surface area contributed by atoms with E-state index in [9.17, 15) is 14.4 Å². The largest absolute Gasteiger partial charge is 0.445 e. The van der Waals surface area contributed by atoms with E-state index in [1.54, 1.807) is 9.80 Å². The Balaban J connectivity index is 1.35. The summed E-state index contributed by atoms with van der Waals surface area (Å²) in [6.07, 6.45) is 3.61. The zero-order chi connectivity index (χ0) is 31.0. The summed E-state index contributed by atoms with van der Waals surface area (Å²) in [5, 5.41) is 5.04. The topological polar surface area (TPSA) is 103 Å². The zero-order valence-electron chi connectivity index (χ0n) is 25.9. The SMILES string of the molecule is CC(=O)Oc1cc(C2CCC2)ccc1-n1nc2c3c1CCN(C(=O)OC(C)(C)C)[C@H]3CN(C(=O)OCc1ccccc1)CC2. The van der Waals surface area contributed by atoms with E-state index >= 15 is 0 Å². The van der Waals surface area contributed by atoms with Crippen LogP contribution in [0.15, 0.2) is 48.5 Å². The van der Waals surface area contributed by atoms with Crippen molar-refractivity contribution in [3.8, 4) is 11.4 Å². The maximum atomic E-state index is 13.5. The fourth-order valence-corrected chi connectivity index (χ4v) is 6.25. The molecule has 1 fully saturated rings. The Bertz CT molecular complexity index is 1560. The van der Waals surface area contributed by atoms with Gasteiger partial charge in [-0.05, 0) is 62.8 Å². The van der Waals surface area contributed by atoms with Crippen LogP contribution in [0.5, 0.6) is 5.75 Å². The van der Waals surface area contributed by atoms with Crippen molar-refractivity contribution in [3.05, 3.63) is 76.6 Å². The first kappa shape index (κ1) is 29.7. The molecule has 10 heteroatoms. The molecule has 0 saturated heterocycles. The lowest BCUT2D eigenvalue weighted by Gasteiger charge is -2.38. The molecule has 3 heterocycles. The summed E-state index contributed by atoms with van der Waals surface area (Å²) in [4.78, 5) is 42.3. The van der Waals surface area contributed by atoms with Gasteiger partial charge in [0.25, 0.3) is 0 Å². The van der Waals surface area contributed by atoms with Crippen molar-refractivity contribution >= 4 is 18.2 Å². The van der Waals surface area contributed by atoms with Crippen molar-refractivity contribution in [2.45, 2.75) is 84.0 Å². The second-order valence-electron chi connectivity index (χ2n) is 12.8. The highest BCUT2D eigenvalue weighted by molar-refractivity contribution is 5.73. The molecule has 1 aromatic heterocycles. The summed E-state index contributed by atoms with van der Waals surface area (Å²) >= 11 is 0. The molecule has 1 saturated carbocycles. The molecule has 2 amide bonds. The van der Waals surface area contributed by atoms with Crippen LogP contribution in [0.3, 0.4) is 0 Å². The summed E-state index contributed by atoms with van der Waals surface area (Å²) < 4.78 is 19.1. The van der Waals surface area contributed by atoms with Crippen LogP contribution >= 0.6 is 0 Å². The van der Waals surface area contributed by atoms with Crippen molar-refractivity contribution in [3.63, 3.8) is 0 Å². The van der Waals surface area contributed by atoms with E-state index in [4.69, 9.17) is 19.3 Å². The lowest BCUT2D eigenvalue weighted by atomic mass is 9.80. The number of aromatic nitrogens is 2. The van der Waals surface area contributed by atoms with Gasteiger partial charge >= 0.3 is 18.2 Å². The number of ether oxygens (including phenoxy) is 3. The molecule has 6 rings (SSSR count). The summed E-state index contributed by atoms with van der Waals surface area (Å²) in [5.41, 5.74) is 4.73. The van der Waals surface area contributed by atoms with Gasteiger partial charge < -0.3 is 19.1 Å². The summed E-state index contributed by atoms with van der Waals surface area (Å²) in [5.74, 6) is 0.566. The molecule has 0 unspecified atom stereocenters. The minimum atomic E-state index is -0.676. The third-order valence-electron chi connectivity index (χ3n) is 8.54. The number of rotatable bonds is 5. The number of carbonyl (C=O) groups is 3. The van der Waals surface area contributed by atoms with E-state index in [0.717, 1.165) is 40.9 Å². The van der Waals surface area contributed by atoms with Gasteiger partial charge in [-0.15, -0.1) is 0 Å². The first-order chi connectivity index (χ1) is 21.1. The molecule has 0 bridgehead atoms. The first-order valence-corrected chi connectivity index (χ1v) is 15.5. The molecule has 2 aromatic carbocycles. The van der Waals surface area contributed by atoms with Crippen molar-refractivity contribution in [2.75, 3.05) is 19.6 Å². The Morgan fingerprint density at radius 3 is 2.43 bits per heavy atom. The molecule has 44 heavy (non-hydrogen) atoms. The predicted molar refractivity (Wildman–Crippen MR) is 163 cm³/mol. The van der Waals surface area contributed by atoms with E-state index in [0.29, 0.717) is 43.3 Å². The predicted octanol–water partition coefficient (Wildman–Crippen LogP) is 6.09. The molecule has 2 aliphatic heterocycles. The fraction of sp³-hybridized carbons (Fsp3) is 0.471. The summed E-state index contributed by atoms with van der Waals surface area (Å²) in [7, 11) is 0. The molecule has 1 atom stereocenters. The molecule has 0 radical (unpaired) electrons. The Hall–Kier alpha value is -4.34. The molecular formula is C34H40N4O6. The minimum absolute atomic E-state index is 0.162. The van der Waals surface area contributed by atoms with Gasteiger partial charge in [0, 0.05) is 45.0 Å². The van der Waals surface area contributed by atoms with Gasteiger partial charge in [-0.3, -0.25) is 9.69 Å². The molecule has 0 spiro atoms. The van der Waals surface area contributed by atoms with Gasteiger partial charge in [0.2, 0.25) is 0 Å². The first-order valence-electron chi connectivity index (χ1n) is 15.5. The molecule has 3 aliphatic rings. The lowest BCUT2D eigenvalue weighted by Crippen LogP contribution is -2.47. The second-order valence-corrected chi connectivity index (χ2v) is 12.8. The number of carbonyl (C=O) groups excluding carboxylic acids is 3. The number of hydrogen-bond acceptors (Lipinski definition) is 7. The van der Waals surface area contributed by atoms with Crippen molar-refractivity contribution in [2.24, 2.45) is 0 Å². The van der Waals surface area contributed by atoms with E-state index in [2.05, 4.69) is 6.07 Å². The summed E-state index contributed by atoms with van der Waals surface area (Å²) in [6, 6.07) is 15.1. The average molecular weight is 601 g/mol. The van der Waals surface area contributed by atoms with Gasteiger partial charge in [0.15, 0.2) is 5.75 Å². The highest BCUT2D eigenvalue weighted by Gasteiger charge is 2.42. The maximum Gasteiger partial charge on any atom is 0.410 e. The van der Waals surface area contributed by atoms with Crippen molar-refractivity contribution in [1.29, 1.82) is 0 Å². The monoisotopic (exact) mass is 600 g/mol. The number of hydrogen-bond donors (Lipinski definition) is 0. The Morgan fingerprint density at radius 1 is 0.977 bits per heavy atom. The fourth-order valence-electron chi connectivity index (χ4n) is 6.25. The van der Waals surface area contributed by atoms with Crippen LogP contribution in [-0.2, 0) is 33.7 Å². The standard InChI is InChI=1S/C34H40N4O6/c1-22(39)43-30-19-25(24-11-8-12-24)13-14-27(30)38-28-16-18-37(33(41)44-34(2,3)4)29-20-36(17-15-26(35-38)31(28)29)32(40)42-21-23-9-6-5-7-10-23/h5-7,9-10,13-14,19,24,29H,8,11-12,15-18,20-21H2,1-4H3/t29-/m0/s1. The van der Waals surface area contributed by atoms with Gasteiger partial charge in [-0.2, -0.15) is 5.10 Å². The smallest absolute Gasteiger partial charge is 0.410 e. The van der Waals surface area contributed by atoms with E-state index < -0.39 is 29.8 Å². The molecular weight excluding hydrogens is 560 g/mol. The molecule has 3 aromatic rings. The quantitative estimate of drug-likeness (QED) is 0.258. The van der Waals surface area contributed by atoms with Gasteiger partial charge in [0.1, 0.15) is 17.9 Å². The zero-order valence-corrected chi connectivity index (χ0v) is 25.9. The highest BCUT2D eigenvalue weighted by atomic mass is 16.6. The maximum absolute atomic E-state index is 13.5. The number of benzene rings is 2. The van der Waals surface area contributed by atoms with Crippen LogP contribution in [0, 0.1) is 0 Å². The van der Waals surface area contributed by atoms with E-state index in [-0.39, 0.29) is 13.2 Å². The second kappa shape index (κ2) is 12.0.